The topological polar surface area (TPSA) is 81.4 Å². The van der Waals surface area contributed by atoms with E-state index in [9.17, 15) is 9.00 Å². The van der Waals surface area contributed by atoms with Gasteiger partial charge in [0.2, 0.25) is 0 Å². The van der Waals surface area contributed by atoms with Gasteiger partial charge < -0.3 is 15.8 Å². The van der Waals surface area contributed by atoms with Gasteiger partial charge in [0.1, 0.15) is 5.75 Å². The Morgan fingerprint density at radius 2 is 2.17 bits per heavy atom. The van der Waals surface area contributed by atoms with E-state index in [1.165, 1.54) is 7.11 Å². The highest BCUT2D eigenvalue weighted by Crippen LogP contribution is 2.18. The van der Waals surface area contributed by atoms with Crippen LogP contribution in [0.1, 0.15) is 17.3 Å². The Hall–Kier alpha value is -1.56. The summed E-state index contributed by atoms with van der Waals surface area (Å²) < 4.78 is 16.1. The molecule has 6 heteroatoms. The third-order valence-corrected chi connectivity index (χ3v) is 3.26. The largest absolute Gasteiger partial charge is 0.497 e. The predicted octanol–water partition coefficient (Wildman–Crippen LogP) is 0.774. The Balaban J connectivity index is 2.77. The standard InChI is InChI=1S/C12H18N2O3S/c1-8(7-18(3)16)14-12(15)9-4-10(13)6-11(5-9)17-2/h4-6,8H,7,13H2,1-3H3,(H,14,15). The van der Waals surface area contributed by atoms with E-state index in [1.54, 1.807) is 24.5 Å². The smallest absolute Gasteiger partial charge is 0.251 e. The molecule has 5 nitrogen and oxygen atoms in total. The molecule has 0 spiro atoms. The van der Waals surface area contributed by atoms with Crippen molar-refractivity contribution in [1.29, 1.82) is 0 Å². The first-order valence-corrected chi connectivity index (χ1v) is 7.20. The summed E-state index contributed by atoms with van der Waals surface area (Å²) in [7, 11) is 0.570. The summed E-state index contributed by atoms with van der Waals surface area (Å²) in [5.41, 5.74) is 6.57. The molecule has 2 unspecified atom stereocenters. The minimum Gasteiger partial charge on any atom is -0.497 e. The van der Waals surface area contributed by atoms with Gasteiger partial charge in [-0.2, -0.15) is 0 Å². The maximum absolute atomic E-state index is 11.9. The zero-order valence-corrected chi connectivity index (χ0v) is 11.5. The molecule has 0 radical (unpaired) electrons. The fraction of sp³-hybridized carbons (Fsp3) is 0.417. The maximum atomic E-state index is 11.9. The quantitative estimate of drug-likeness (QED) is 0.775. The van der Waals surface area contributed by atoms with Gasteiger partial charge in [-0.15, -0.1) is 0 Å². The minimum atomic E-state index is -0.943. The van der Waals surface area contributed by atoms with Crippen molar-refractivity contribution in [3.8, 4) is 5.75 Å². The second kappa shape index (κ2) is 6.39. The van der Waals surface area contributed by atoms with Crippen LogP contribution in [0.15, 0.2) is 18.2 Å². The van der Waals surface area contributed by atoms with Gasteiger partial charge in [0.05, 0.1) is 7.11 Å². The van der Waals surface area contributed by atoms with E-state index in [1.807, 2.05) is 6.92 Å². The summed E-state index contributed by atoms with van der Waals surface area (Å²) in [5.74, 6) is 0.705. The van der Waals surface area contributed by atoms with Crippen LogP contribution in [0.2, 0.25) is 0 Å². The van der Waals surface area contributed by atoms with Gasteiger partial charge >= 0.3 is 0 Å². The van der Waals surface area contributed by atoms with Crippen molar-refractivity contribution < 1.29 is 13.7 Å². The molecule has 1 amide bonds. The van der Waals surface area contributed by atoms with Gasteiger partial charge in [-0.05, 0) is 19.1 Å². The summed E-state index contributed by atoms with van der Waals surface area (Å²) >= 11 is 0. The fourth-order valence-corrected chi connectivity index (χ4v) is 2.36. The van der Waals surface area contributed by atoms with Crippen molar-refractivity contribution in [3.63, 3.8) is 0 Å². The number of hydrogen-bond acceptors (Lipinski definition) is 4. The SMILES string of the molecule is COc1cc(N)cc(C(=O)NC(C)CS(C)=O)c1. The molecule has 0 heterocycles. The number of amides is 1. The highest BCUT2D eigenvalue weighted by Gasteiger charge is 2.12. The monoisotopic (exact) mass is 270 g/mol. The second-order valence-electron chi connectivity index (χ2n) is 4.11. The van der Waals surface area contributed by atoms with Crippen molar-refractivity contribution in [1.82, 2.24) is 5.32 Å². The number of carbonyl (C=O) groups is 1. The van der Waals surface area contributed by atoms with E-state index in [-0.39, 0.29) is 11.9 Å². The van der Waals surface area contributed by atoms with Gasteiger partial charge in [0.25, 0.3) is 5.91 Å². The lowest BCUT2D eigenvalue weighted by Crippen LogP contribution is -2.36. The van der Waals surface area contributed by atoms with E-state index >= 15 is 0 Å². The summed E-state index contributed by atoms with van der Waals surface area (Å²) in [4.78, 5) is 11.9. The molecule has 1 rings (SSSR count). The van der Waals surface area contributed by atoms with Crippen LogP contribution in [0.25, 0.3) is 0 Å². The van der Waals surface area contributed by atoms with E-state index in [0.717, 1.165) is 0 Å². The molecular formula is C12H18N2O3S. The molecule has 0 aliphatic heterocycles. The van der Waals surface area contributed by atoms with Crippen molar-refractivity contribution in [2.24, 2.45) is 0 Å². The molecule has 3 N–H and O–H groups in total. The Kier molecular flexibility index (Phi) is 5.15. The van der Waals surface area contributed by atoms with Crippen LogP contribution in [-0.2, 0) is 10.8 Å². The van der Waals surface area contributed by atoms with Crippen LogP contribution in [-0.4, -0.2) is 35.3 Å². The number of carbonyl (C=O) groups excluding carboxylic acids is 1. The highest BCUT2D eigenvalue weighted by atomic mass is 32.2. The van der Waals surface area contributed by atoms with Crippen LogP contribution < -0.4 is 15.8 Å². The number of rotatable bonds is 5. The molecular weight excluding hydrogens is 252 g/mol. The summed E-state index contributed by atoms with van der Waals surface area (Å²) in [5, 5.41) is 2.76. The van der Waals surface area contributed by atoms with Crippen molar-refractivity contribution in [2.75, 3.05) is 24.9 Å². The lowest BCUT2D eigenvalue weighted by molar-refractivity contribution is 0.0943. The number of nitrogens with two attached hydrogens (primary N) is 1. The molecule has 1 aromatic rings. The number of methoxy groups -OCH3 is 1. The zero-order chi connectivity index (χ0) is 13.7. The third-order valence-electron chi connectivity index (χ3n) is 2.29. The fourth-order valence-electron chi connectivity index (χ4n) is 1.57. The number of nitrogens with one attached hydrogen (secondary N) is 1. The Bertz CT molecular complexity index is 463. The first-order chi connectivity index (χ1) is 8.42. The average molecular weight is 270 g/mol. The molecule has 0 aliphatic rings. The zero-order valence-electron chi connectivity index (χ0n) is 10.7. The van der Waals surface area contributed by atoms with E-state index in [0.29, 0.717) is 22.8 Å². The number of hydrogen-bond donors (Lipinski definition) is 2. The normalized spacial score (nSPS) is 13.7. The van der Waals surface area contributed by atoms with Crippen molar-refractivity contribution in [2.45, 2.75) is 13.0 Å². The molecule has 0 saturated carbocycles. The second-order valence-corrected chi connectivity index (χ2v) is 5.59. The molecule has 100 valence electrons. The molecule has 0 aliphatic carbocycles. The number of nitrogen functional groups attached to an aromatic ring is 1. The first kappa shape index (κ1) is 14.5. The van der Waals surface area contributed by atoms with E-state index in [2.05, 4.69) is 5.32 Å². The van der Waals surface area contributed by atoms with Gasteiger partial charge in [-0.3, -0.25) is 9.00 Å². The van der Waals surface area contributed by atoms with Crippen LogP contribution >= 0.6 is 0 Å². The van der Waals surface area contributed by atoms with Gasteiger partial charge in [-0.25, -0.2) is 0 Å². The van der Waals surface area contributed by atoms with Crippen LogP contribution in [0.4, 0.5) is 5.69 Å². The molecule has 0 aromatic heterocycles. The predicted molar refractivity (Wildman–Crippen MR) is 73.3 cm³/mol. The minimum absolute atomic E-state index is 0.157. The summed E-state index contributed by atoms with van der Waals surface area (Å²) in [6.45, 7) is 1.81. The van der Waals surface area contributed by atoms with Gasteiger partial charge in [0.15, 0.2) is 0 Å². The number of benzene rings is 1. The molecule has 0 bridgehead atoms. The van der Waals surface area contributed by atoms with Gasteiger partial charge in [-0.1, -0.05) is 0 Å². The third kappa shape index (κ3) is 4.37. The van der Waals surface area contributed by atoms with Crippen molar-refractivity contribution >= 4 is 22.4 Å². The van der Waals surface area contributed by atoms with Crippen LogP contribution in [0, 0.1) is 0 Å². The lowest BCUT2D eigenvalue weighted by atomic mass is 10.1. The number of anilines is 1. The molecule has 0 saturated heterocycles. The molecule has 0 fully saturated rings. The van der Waals surface area contributed by atoms with E-state index < -0.39 is 10.8 Å². The Labute approximate surface area is 109 Å². The Morgan fingerprint density at radius 1 is 1.50 bits per heavy atom. The summed E-state index contributed by atoms with van der Waals surface area (Å²) in [6.07, 6.45) is 1.60. The van der Waals surface area contributed by atoms with Gasteiger partial charge in [0, 0.05) is 46.2 Å². The molecule has 1 aromatic carbocycles. The highest BCUT2D eigenvalue weighted by molar-refractivity contribution is 7.84. The number of ether oxygens (including phenoxy) is 1. The lowest BCUT2D eigenvalue weighted by Gasteiger charge is -2.13. The van der Waals surface area contributed by atoms with E-state index in [4.69, 9.17) is 10.5 Å². The van der Waals surface area contributed by atoms with Crippen LogP contribution in [0.5, 0.6) is 5.75 Å². The molecule has 2 atom stereocenters. The first-order valence-electron chi connectivity index (χ1n) is 5.48. The average Bonchev–Trinajstić information content (AvgIpc) is 2.26. The Morgan fingerprint density at radius 3 is 2.72 bits per heavy atom. The summed E-state index contributed by atoms with van der Waals surface area (Å²) in [6, 6.07) is 4.67. The van der Waals surface area contributed by atoms with Crippen molar-refractivity contribution in [3.05, 3.63) is 23.8 Å². The maximum Gasteiger partial charge on any atom is 0.251 e. The molecule has 18 heavy (non-hydrogen) atoms. The van der Waals surface area contributed by atoms with Crippen LogP contribution in [0.3, 0.4) is 0 Å².